The van der Waals surface area contributed by atoms with Crippen molar-refractivity contribution in [3.05, 3.63) is 99.2 Å². The number of carboxylic acid groups (broad SMARTS) is 1. The molecule has 1 fully saturated rings. The lowest BCUT2D eigenvalue weighted by Gasteiger charge is -2.16. The number of fused-ring (bicyclic) bond motifs is 1. The van der Waals surface area contributed by atoms with Crippen LogP contribution in [0, 0.1) is 13.8 Å². The molecule has 2 unspecified atom stereocenters. The Balaban J connectivity index is 1.37. The summed E-state index contributed by atoms with van der Waals surface area (Å²) in [5, 5.41) is 13.7. The van der Waals surface area contributed by atoms with Crippen LogP contribution in [0.2, 0.25) is 5.02 Å². The summed E-state index contributed by atoms with van der Waals surface area (Å²) in [5.41, 5.74) is 7.24. The van der Waals surface area contributed by atoms with Crippen LogP contribution in [0.3, 0.4) is 0 Å². The summed E-state index contributed by atoms with van der Waals surface area (Å²) in [5.74, 6) is -0.144. The molecule has 0 spiro atoms. The fraction of sp³-hybridized carbons (Fsp3) is 0.312. The van der Waals surface area contributed by atoms with Gasteiger partial charge in [-0.1, -0.05) is 41.9 Å². The fourth-order valence-corrected chi connectivity index (χ4v) is 5.18. The lowest BCUT2D eigenvalue weighted by atomic mass is 10.0. The second kappa shape index (κ2) is 10.8. The Morgan fingerprint density at radius 2 is 1.85 bits per heavy atom. The van der Waals surface area contributed by atoms with E-state index in [1.54, 1.807) is 12.1 Å². The molecule has 1 saturated carbocycles. The molecular weight excluding hydrogens is 512 g/mol. The Bertz CT molecular complexity index is 1570. The van der Waals surface area contributed by atoms with E-state index in [-0.39, 0.29) is 11.9 Å². The molecule has 0 radical (unpaired) electrons. The molecule has 0 aliphatic heterocycles. The number of carbonyl (C=O) groups is 2. The van der Waals surface area contributed by atoms with Crippen LogP contribution in [0.5, 0.6) is 5.75 Å². The highest BCUT2D eigenvalue weighted by molar-refractivity contribution is 6.32. The third-order valence-electron chi connectivity index (χ3n) is 7.70. The highest BCUT2D eigenvalue weighted by Crippen LogP contribution is 2.40. The first-order valence-electron chi connectivity index (χ1n) is 13.3. The number of benzene rings is 3. The molecule has 6 nitrogen and oxygen atoms in total. The average molecular weight is 545 g/mol. The van der Waals surface area contributed by atoms with Crippen molar-refractivity contribution in [3.8, 4) is 5.75 Å². The highest BCUT2D eigenvalue weighted by atomic mass is 35.5. The van der Waals surface area contributed by atoms with E-state index in [9.17, 15) is 14.7 Å². The van der Waals surface area contributed by atoms with Gasteiger partial charge in [0.15, 0.2) is 6.10 Å². The first kappa shape index (κ1) is 26.8. The number of hydrogen-bond acceptors (Lipinski definition) is 3. The van der Waals surface area contributed by atoms with E-state index in [4.69, 9.17) is 16.3 Å². The maximum absolute atomic E-state index is 13.2. The minimum Gasteiger partial charge on any atom is -0.479 e. The van der Waals surface area contributed by atoms with Gasteiger partial charge in [-0.3, -0.25) is 4.79 Å². The molecule has 4 aromatic rings. The minimum atomic E-state index is -1.06. The van der Waals surface area contributed by atoms with Crippen molar-refractivity contribution in [2.75, 3.05) is 0 Å². The largest absolute Gasteiger partial charge is 0.479 e. The molecular formula is C32H33ClN2O4. The van der Waals surface area contributed by atoms with Crippen LogP contribution in [0.25, 0.3) is 10.9 Å². The average Bonchev–Trinajstić information content (AvgIpc) is 3.75. The molecule has 0 bridgehead atoms. The molecule has 3 aromatic carbocycles. The molecule has 2 atom stereocenters. The van der Waals surface area contributed by atoms with Crippen LogP contribution in [0.4, 0.5) is 0 Å². The van der Waals surface area contributed by atoms with E-state index >= 15 is 0 Å². The van der Waals surface area contributed by atoms with Crippen molar-refractivity contribution < 1.29 is 19.4 Å². The number of halogens is 1. The smallest absolute Gasteiger partial charge is 0.344 e. The summed E-state index contributed by atoms with van der Waals surface area (Å²) in [6.45, 7) is 8.16. The Morgan fingerprint density at radius 3 is 2.56 bits per heavy atom. The van der Waals surface area contributed by atoms with Gasteiger partial charge in [-0.2, -0.15) is 0 Å². The second-order valence-electron chi connectivity index (χ2n) is 10.5. The van der Waals surface area contributed by atoms with E-state index in [1.165, 1.54) is 25.3 Å². The van der Waals surface area contributed by atoms with E-state index in [2.05, 4.69) is 48.0 Å². The van der Waals surface area contributed by atoms with Crippen molar-refractivity contribution >= 4 is 34.4 Å². The van der Waals surface area contributed by atoms with Crippen LogP contribution in [-0.4, -0.2) is 27.7 Å². The highest BCUT2D eigenvalue weighted by Gasteiger charge is 2.24. The number of hydrogen-bond donors (Lipinski definition) is 2. The molecule has 5 rings (SSSR count). The van der Waals surface area contributed by atoms with Crippen molar-refractivity contribution in [2.45, 2.75) is 65.1 Å². The summed E-state index contributed by atoms with van der Waals surface area (Å²) in [6, 6.07) is 19.7. The molecule has 1 aromatic heterocycles. The number of aromatic nitrogens is 1. The Hall–Kier alpha value is -3.77. The predicted octanol–water partition coefficient (Wildman–Crippen LogP) is 7.18. The maximum atomic E-state index is 13.2. The first-order chi connectivity index (χ1) is 18.6. The topological polar surface area (TPSA) is 80.6 Å². The van der Waals surface area contributed by atoms with Gasteiger partial charge in [0.25, 0.3) is 5.91 Å². The molecule has 1 amide bonds. The second-order valence-corrected chi connectivity index (χ2v) is 10.9. The number of ether oxygens (including phenoxy) is 1. The van der Waals surface area contributed by atoms with Gasteiger partial charge < -0.3 is 19.7 Å². The molecule has 1 heterocycles. The minimum absolute atomic E-state index is 0.0931. The van der Waals surface area contributed by atoms with Crippen molar-refractivity contribution in [2.24, 2.45) is 0 Å². The first-order valence-corrected chi connectivity index (χ1v) is 13.7. The van der Waals surface area contributed by atoms with Gasteiger partial charge in [0, 0.05) is 28.7 Å². The number of nitrogens with one attached hydrogen (secondary N) is 1. The number of aryl methyl sites for hydroxylation is 1. The fourth-order valence-electron chi connectivity index (χ4n) is 5.02. The van der Waals surface area contributed by atoms with Gasteiger partial charge in [0.1, 0.15) is 5.75 Å². The van der Waals surface area contributed by atoms with Gasteiger partial charge in [0.05, 0.1) is 11.1 Å². The number of aliphatic carboxylic acids is 1. The summed E-state index contributed by atoms with van der Waals surface area (Å²) in [4.78, 5) is 24.4. The van der Waals surface area contributed by atoms with Gasteiger partial charge in [-0.15, -0.1) is 0 Å². The quantitative estimate of drug-likeness (QED) is 0.234. The summed E-state index contributed by atoms with van der Waals surface area (Å²) < 4.78 is 7.74. The molecule has 7 heteroatoms. The Kier molecular flexibility index (Phi) is 7.41. The molecule has 1 aliphatic rings. The van der Waals surface area contributed by atoms with Crippen LogP contribution in [-0.2, 0) is 11.3 Å². The zero-order chi connectivity index (χ0) is 27.8. The third-order valence-corrected chi connectivity index (χ3v) is 8.01. The van der Waals surface area contributed by atoms with Crippen LogP contribution < -0.4 is 10.1 Å². The normalized spacial score (nSPS) is 14.7. The number of amides is 1. The predicted molar refractivity (Wildman–Crippen MR) is 154 cm³/mol. The zero-order valence-electron chi connectivity index (χ0n) is 22.6. The van der Waals surface area contributed by atoms with Gasteiger partial charge in [-0.05, 0) is 99.0 Å². The van der Waals surface area contributed by atoms with Crippen LogP contribution >= 0.6 is 11.6 Å². The summed E-state index contributed by atoms with van der Waals surface area (Å²) in [7, 11) is 0. The number of carboxylic acids is 1. The van der Waals surface area contributed by atoms with Gasteiger partial charge >= 0.3 is 5.97 Å². The summed E-state index contributed by atoms with van der Waals surface area (Å²) >= 11 is 6.26. The molecule has 0 saturated heterocycles. The molecule has 1 aliphatic carbocycles. The van der Waals surface area contributed by atoms with E-state index < -0.39 is 12.1 Å². The number of carbonyl (C=O) groups excluding carboxylic acids is 1. The lowest BCUT2D eigenvalue weighted by Crippen LogP contribution is -2.26. The summed E-state index contributed by atoms with van der Waals surface area (Å²) in [6.07, 6.45) is 1.49. The Labute approximate surface area is 233 Å². The van der Waals surface area contributed by atoms with Gasteiger partial charge in [0.2, 0.25) is 0 Å². The van der Waals surface area contributed by atoms with E-state index in [0.29, 0.717) is 28.8 Å². The lowest BCUT2D eigenvalue weighted by molar-refractivity contribution is -0.144. The Morgan fingerprint density at radius 1 is 1.08 bits per heavy atom. The third kappa shape index (κ3) is 5.66. The van der Waals surface area contributed by atoms with Crippen molar-refractivity contribution in [1.29, 1.82) is 0 Å². The molecule has 2 N–H and O–H groups in total. The number of nitrogens with zero attached hydrogens (tertiary/aromatic N) is 1. The maximum Gasteiger partial charge on any atom is 0.344 e. The SMILES string of the molecule is Cc1c(C)n(Cc2ccc(Cl)c(OC(C)C(=O)O)c2)c2ccc(C(=O)NC(C)c3cccc(C4CC4)c3)cc12. The van der Waals surface area contributed by atoms with Crippen LogP contribution in [0.1, 0.15) is 77.0 Å². The van der Waals surface area contributed by atoms with E-state index in [1.807, 2.05) is 31.2 Å². The molecule has 202 valence electrons. The number of rotatable bonds is 9. The van der Waals surface area contributed by atoms with Crippen molar-refractivity contribution in [1.82, 2.24) is 9.88 Å². The molecule has 39 heavy (non-hydrogen) atoms. The van der Waals surface area contributed by atoms with Crippen molar-refractivity contribution in [3.63, 3.8) is 0 Å². The van der Waals surface area contributed by atoms with Gasteiger partial charge in [-0.25, -0.2) is 4.79 Å². The zero-order valence-corrected chi connectivity index (χ0v) is 23.4. The van der Waals surface area contributed by atoms with E-state index in [0.717, 1.165) is 33.3 Å². The standard InChI is InChI=1S/C32H33ClN2O4/c1-18-20(3)35(17-22-8-12-28(33)30(14-22)39-21(4)32(37)38)29-13-11-26(16-27(18)29)31(36)34-19(2)24-6-5-7-25(15-24)23-9-10-23/h5-8,11-16,19,21,23H,9-10,17H2,1-4H3,(H,34,36)(H,37,38). The monoisotopic (exact) mass is 544 g/mol. The van der Waals surface area contributed by atoms with Crippen LogP contribution in [0.15, 0.2) is 60.7 Å².